The van der Waals surface area contributed by atoms with E-state index in [9.17, 15) is 0 Å². The van der Waals surface area contributed by atoms with Crippen molar-refractivity contribution in [1.82, 2.24) is 0 Å². The lowest BCUT2D eigenvalue weighted by Crippen LogP contribution is -1.94. The first-order valence-electron chi connectivity index (χ1n) is 10.3. The molecule has 0 aliphatic rings. The van der Waals surface area contributed by atoms with Crippen LogP contribution in [-0.2, 0) is 13.2 Å². The zero-order chi connectivity index (χ0) is 20.9. The van der Waals surface area contributed by atoms with Crippen LogP contribution in [0.25, 0.3) is 20.5 Å². The summed E-state index contributed by atoms with van der Waals surface area (Å²) in [5, 5.41) is 1.23. The minimum absolute atomic E-state index is 0.578. The molecule has 0 amide bonds. The molecule has 0 saturated carbocycles. The molecular weight excluding hydrogens is 400 g/mol. The van der Waals surface area contributed by atoms with Gasteiger partial charge in [0.15, 0.2) is 0 Å². The van der Waals surface area contributed by atoms with E-state index in [4.69, 9.17) is 9.47 Å². The Morgan fingerprint density at radius 2 is 1.13 bits per heavy atom. The van der Waals surface area contributed by atoms with Crippen LogP contribution in [0.4, 0.5) is 0 Å². The van der Waals surface area contributed by atoms with Gasteiger partial charge in [0.2, 0.25) is 0 Å². The summed E-state index contributed by atoms with van der Waals surface area (Å²) in [7, 11) is 0. The Morgan fingerprint density at radius 1 is 0.548 bits per heavy atom. The predicted molar refractivity (Wildman–Crippen MR) is 129 cm³/mol. The molecule has 5 rings (SSSR count). The Hall–Kier alpha value is -3.56. The van der Waals surface area contributed by atoms with E-state index >= 15 is 0 Å². The molecule has 2 nitrogen and oxygen atoms in total. The van der Waals surface area contributed by atoms with Gasteiger partial charge in [-0.15, -0.1) is 11.3 Å². The SMILES string of the molecule is c1ccc(COc2ccc(-c3cc4ccc(OCc5ccccc5)cc4s3)cc2)cc1. The maximum absolute atomic E-state index is 5.98. The van der Waals surface area contributed by atoms with E-state index in [1.165, 1.54) is 31.7 Å². The molecule has 1 heterocycles. The van der Waals surface area contributed by atoms with Crippen LogP contribution in [0, 0.1) is 0 Å². The van der Waals surface area contributed by atoms with Crippen LogP contribution in [0.3, 0.4) is 0 Å². The van der Waals surface area contributed by atoms with Crippen molar-refractivity contribution in [2.75, 3.05) is 0 Å². The lowest BCUT2D eigenvalue weighted by Gasteiger charge is -2.06. The van der Waals surface area contributed by atoms with Gasteiger partial charge < -0.3 is 9.47 Å². The van der Waals surface area contributed by atoms with E-state index in [1.807, 2.05) is 54.6 Å². The van der Waals surface area contributed by atoms with Gasteiger partial charge in [-0.05, 0) is 70.6 Å². The first-order valence-corrected chi connectivity index (χ1v) is 11.1. The van der Waals surface area contributed by atoms with E-state index in [0.29, 0.717) is 13.2 Å². The second kappa shape index (κ2) is 9.07. The van der Waals surface area contributed by atoms with Gasteiger partial charge in [-0.2, -0.15) is 0 Å². The van der Waals surface area contributed by atoms with E-state index in [2.05, 4.69) is 54.6 Å². The molecule has 5 aromatic rings. The standard InChI is InChI=1S/C28H22O2S/c1-3-7-21(8-4-1)19-29-25-14-11-23(12-15-25)27-17-24-13-16-26(18-28(24)31-27)30-20-22-9-5-2-6-10-22/h1-18H,19-20H2. The van der Waals surface area contributed by atoms with Crippen LogP contribution in [0.1, 0.15) is 11.1 Å². The number of fused-ring (bicyclic) bond motifs is 1. The summed E-state index contributed by atoms with van der Waals surface area (Å²) in [6, 6.07) is 37.3. The molecule has 0 fully saturated rings. The van der Waals surface area contributed by atoms with Gasteiger partial charge in [0, 0.05) is 9.58 Å². The van der Waals surface area contributed by atoms with E-state index < -0.39 is 0 Å². The fourth-order valence-corrected chi connectivity index (χ4v) is 4.54. The maximum atomic E-state index is 5.98. The number of hydrogen-bond donors (Lipinski definition) is 0. The lowest BCUT2D eigenvalue weighted by atomic mass is 10.1. The number of thiophene rings is 1. The monoisotopic (exact) mass is 422 g/mol. The third-order valence-electron chi connectivity index (χ3n) is 5.13. The number of rotatable bonds is 7. The normalized spacial score (nSPS) is 10.8. The first-order chi connectivity index (χ1) is 15.3. The first kappa shape index (κ1) is 19.4. The molecule has 1 aromatic heterocycles. The van der Waals surface area contributed by atoms with Crippen molar-refractivity contribution in [3.8, 4) is 21.9 Å². The molecule has 0 unspecified atom stereocenters. The topological polar surface area (TPSA) is 18.5 Å². The second-order valence-electron chi connectivity index (χ2n) is 7.38. The number of hydrogen-bond acceptors (Lipinski definition) is 3. The van der Waals surface area contributed by atoms with Crippen LogP contribution in [0.15, 0.2) is 109 Å². The number of ether oxygens (including phenoxy) is 2. The molecule has 0 aliphatic heterocycles. The lowest BCUT2D eigenvalue weighted by molar-refractivity contribution is 0.306. The van der Waals surface area contributed by atoms with Crippen molar-refractivity contribution in [2.24, 2.45) is 0 Å². The van der Waals surface area contributed by atoms with Gasteiger partial charge in [0.25, 0.3) is 0 Å². The van der Waals surface area contributed by atoms with E-state index in [1.54, 1.807) is 11.3 Å². The molecule has 0 N–H and O–H groups in total. The molecule has 0 atom stereocenters. The smallest absolute Gasteiger partial charge is 0.121 e. The highest BCUT2D eigenvalue weighted by Gasteiger charge is 2.07. The zero-order valence-corrected chi connectivity index (χ0v) is 17.8. The highest BCUT2D eigenvalue weighted by Crippen LogP contribution is 2.36. The molecule has 3 heteroatoms. The fourth-order valence-electron chi connectivity index (χ4n) is 3.44. The molecule has 0 aliphatic carbocycles. The van der Waals surface area contributed by atoms with E-state index in [0.717, 1.165) is 11.5 Å². The van der Waals surface area contributed by atoms with Crippen molar-refractivity contribution in [3.63, 3.8) is 0 Å². The van der Waals surface area contributed by atoms with E-state index in [-0.39, 0.29) is 0 Å². The molecule has 31 heavy (non-hydrogen) atoms. The number of benzene rings is 4. The van der Waals surface area contributed by atoms with Gasteiger partial charge in [-0.1, -0.05) is 60.7 Å². The van der Waals surface area contributed by atoms with Gasteiger partial charge in [0.1, 0.15) is 24.7 Å². The minimum Gasteiger partial charge on any atom is -0.489 e. The Balaban J connectivity index is 1.27. The van der Waals surface area contributed by atoms with Gasteiger partial charge >= 0.3 is 0 Å². The van der Waals surface area contributed by atoms with Crippen LogP contribution >= 0.6 is 11.3 Å². The third-order valence-corrected chi connectivity index (χ3v) is 6.27. The van der Waals surface area contributed by atoms with Crippen LogP contribution < -0.4 is 9.47 Å². The summed E-state index contributed by atoms with van der Waals surface area (Å²) in [5.74, 6) is 1.78. The van der Waals surface area contributed by atoms with Crippen molar-refractivity contribution < 1.29 is 9.47 Å². The molecular formula is C28H22O2S. The summed E-state index contributed by atoms with van der Waals surface area (Å²) in [4.78, 5) is 1.24. The molecule has 0 radical (unpaired) electrons. The highest BCUT2D eigenvalue weighted by atomic mass is 32.1. The molecule has 0 spiro atoms. The van der Waals surface area contributed by atoms with Crippen LogP contribution in [-0.4, -0.2) is 0 Å². The summed E-state index contributed by atoms with van der Waals surface area (Å²) < 4.78 is 13.1. The summed E-state index contributed by atoms with van der Waals surface area (Å²) in [6.45, 7) is 1.16. The molecule has 4 aromatic carbocycles. The molecule has 0 bridgehead atoms. The van der Waals surface area contributed by atoms with Crippen molar-refractivity contribution >= 4 is 21.4 Å². The van der Waals surface area contributed by atoms with Gasteiger partial charge in [-0.25, -0.2) is 0 Å². The zero-order valence-electron chi connectivity index (χ0n) is 17.0. The van der Waals surface area contributed by atoms with Gasteiger partial charge in [0.05, 0.1) is 0 Å². The van der Waals surface area contributed by atoms with Crippen LogP contribution in [0.2, 0.25) is 0 Å². The molecule has 152 valence electrons. The summed E-state index contributed by atoms with van der Waals surface area (Å²) in [6.07, 6.45) is 0. The Morgan fingerprint density at radius 3 is 1.77 bits per heavy atom. The predicted octanol–water partition coefficient (Wildman–Crippen LogP) is 7.73. The van der Waals surface area contributed by atoms with Gasteiger partial charge in [-0.3, -0.25) is 0 Å². The minimum atomic E-state index is 0.578. The Kier molecular flexibility index (Phi) is 5.68. The third kappa shape index (κ3) is 4.79. The fraction of sp³-hybridized carbons (Fsp3) is 0.0714. The van der Waals surface area contributed by atoms with Crippen molar-refractivity contribution in [1.29, 1.82) is 0 Å². The average Bonchev–Trinajstić information content (AvgIpc) is 3.26. The largest absolute Gasteiger partial charge is 0.489 e. The summed E-state index contributed by atoms with van der Waals surface area (Å²) >= 11 is 1.78. The molecule has 0 saturated heterocycles. The Bertz CT molecular complexity index is 1260. The quantitative estimate of drug-likeness (QED) is 0.267. The van der Waals surface area contributed by atoms with Crippen LogP contribution in [0.5, 0.6) is 11.5 Å². The maximum Gasteiger partial charge on any atom is 0.121 e. The second-order valence-corrected chi connectivity index (χ2v) is 8.47. The highest BCUT2D eigenvalue weighted by molar-refractivity contribution is 7.22. The average molecular weight is 423 g/mol. The summed E-state index contributed by atoms with van der Waals surface area (Å²) in [5.41, 5.74) is 3.53. The van der Waals surface area contributed by atoms with Crippen molar-refractivity contribution in [2.45, 2.75) is 13.2 Å². The Labute approximate surface area is 186 Å². The van der Waals surface area contributed by atoms with Crippen molar-refractivity contribution in [3.05, 3.63) is 120 Å².